The Morgan fingerprint density at radius 2 is 1.89 bits per heavy atom. The number of aliphatic hydroxyl groups excluding tert-OH is 2. The number of carbonyl (C=O) groups excluding carboxylic acids is 1. The van der Waals surface area contributed by atoms with Crippen LogP contribution in [0.25, 0.3) is 0 Å². The summed E-state index contributed by atoms with van der Waals surface area (Å²) in [4.78, 5) is 13.4. The van der Waals surface area contributed by atoms with Gasteiger partial charge in [-0.2, -0.15) is 0 Å². The lowest BCUT2D eigenvalue weighted by Crippen LogP contribution is -2.29. The van der Waals surface area contributed by atoms with E-state index in [4.69, 9.17) is 0 Å². The topological polar surface area (TPSA) is 60.8 Å². The van der Waals surface area contributed by atoms with Gasteiger partial charge in [-0.1, -0.05) is 18.2 Å². The summed E-state index contributed by atoms with van der Waals surface area (Å²) in [7, 11) is 0. The van der Waals surface area contributed by atoms with Crippen molar-refractivity contribution in [3.63, 3.8) is 0 Å². The Kier molecular flexibility index (Phi) is 4.06. The first-order valence-corrected chi connectivity index (χ1v) is 5.90. The molecule has 1 aliphatic heterocycles. The molecule has 0 amide bonds. The minimum atomic E-state index is -0.800. The molecule has 1 aromatic carbocycles. The highest BCUT2D eigenvalue weighted by Gasteiger charge is 2.30. The second-order valence-electron chi connectivity index (χ2n) is 4.64. The molecule has 0 spiro atoms. The molecule has 2 atom stereocenters. The lowest BCUT2D eigenvalue weighted by atomic mass is 10.1. The number of hydrogen-bond acceptors (Lipinski definition) is 4. The molecule has 2 unspecified atom stereocenters. The Bertz CT molecular complexity index is 428. The summed E-state index contributed by atoms with van der Waals surface area (Å²) in [6.45, 7) is 0.691. The van der Waals surface area contributed by atoms with Crippen LogP contribution in [0.3, 0.4) is 0 Å². The van der Waals surface area contributed by atoms with Gasteiger partial charge in [0.2, 0.25) is 0 Å². The molecule has 0 saturated carbocycles. The fraction of sp³-hybridized carbons (Fsp3) is 0.462. The number of aliphatic hydroxyl groups is 2. The Balaban J connectivity index is 1.88. The maximum Gasteiger partial charge on any atom is 0.151 e. The molecule has 5 heteroatoms. The number of nitrogens with zero attached hydrogens (tertiary/aromatic N) is 1. The van der Waals surface area contributed by atoms with Crippen LogP contribution in [0.15, 0.2) is 24.3 Å². The van der Waals surface area contributed by atoms with Gasteiger partial charge in [0.05, 0.1) is 18.8 Å². The maximum absolute atomic E-state index is 13.3. The molecule has 1 saturated heterocycles. The monoisotopic (exact) mass is 253 g/mol. The van der Waals surface area contributed by atoms with Gasteiger partial charge in [0.15, 0.2) is 5.78 Å². The molecule has 0 aromatic heterocycles. The van der Waals surface area contributed by atoms with Crippen molar-refractivity contribution in [3.05, 3.63) is 35.6 Å². The van der Waals surface area contributed by atoms with Crippen molar-refractivity contribution in [1.29, 1.82) is 0 Å². The Hall–Kier alpha value is -1.30. The van der Waals surface area contributed by atoms with Crippen LogP contribution in [-0.4, -0.2) is 52.7 Å². The number of ketones is 1. The molecule has 4 nitrogen and oxygen atoms in total. The maximum atomic E-state index is 13.3. The highest BCUT2D eigenvalue weighted by Crippen LogP contribution is 2.11. The van der Waals surface area contributed by atoms with Crippen LogP contribution in [0.1, 0.15) is 5.56 Å². The summed E-state index contributed by atoms with van der Waals surface area (Å²) in [6.07, 6.45) is -1.56. The van der Waals surface area contributed by atoms with Crippen molar-refractivity contribution >= 4 is 5.78 Å². The molecule has 0 radical (unpaired) electrons. The average Bonchev–Trinajstić information content (AvgIpc) is 2.61. The largest absolute Gasteiger partial charge is 0.389 e. The van der Waals surface area contributed by atoms with Gasteiger partial charge < -0.3 is 10.2 Å². The number of halogens is 1. The molecule has 0 bridgehead atoms. The van der Waals surface area contributed by atoms with E-state index in [-0.39, 0.29) is 37.7 Å². The molecule has 0 aliphatic carbocycles. The van der Waals surface area contributed by atoms with Gasteiger partial charge in [-0.3, -0.25) is 9.69 Å². The molecule has 2 N–H and O–H groups in total. The van der Waals surface area contributed by atoms with E-state index in [9.17, 15) is 19.4 Å². The standard InChI is InChI=1S/C13H16FNO3/c14-11-4-2-1-3-9(11)5-10(16)6-15-7-12(17)13(18)8-15/h1-4,12-13,17-18H,5-8H2. The summed E-state index contributed by atoms with van der Waals surface area (Å²) in [6, 6.07) is 6.18. The fourth-order valence-corrected chi connectivity index (χ4v) is 2.14. The van der Waals surface area contributed by atoms with Gasteiger partial charge in [0, 0.05) is 19.5 Å². The van der Waals surface area contributed by atoms with Crippen LogP contribution in [0.4, 0.5) is 4.39 Å². The van der Waals surface area contributed by atoms with Gasteiger partial charge in [0.1, 0.15) is 5.82 Å². The molecule has 1 heterocycles. The highest BCUT2D eigenvalue weighted by molar-refractivity contribution is 5.82. The molecule has 1 aliphatic rings. The highest BCUT2D eigenvalue weighted by atomic mass is 19.1. The predicted octanol–water partition coefficient (Wildman–Crippen LogP) is -0.0253. The van der Waals surface area contributed by atoms with Crippen molar-refractivity contribution in [2.24, 2.45) is 0 Å². The zero-order chi connectivity index (χ0) is 13.1. The summed E-state index contributed by atoms with van der Waals surface area (Å²) in [5.41, 5.74) is 0.378. The predicted molar refractivity (Wildman–Crippen MR) is 63.6 cm³/mol. The van der Waals surface area contributed by atoms with Crippen LogP contribution in [0.5, 0.6) is 0 Å². The Labute approximate surface area is 105 Å². The fourth-order valence-electron chi connectivity index (χ4n) is 2.14. The first-order chi connectivity index (χ1) is 8.56. The minimum Gasteiger partial charge on any atom is -0.389 e. The van der Waals surface area contributed by atoms with E-state index in [0.29, 0.717) is 5.56 Å². The third-order valence-corrected chi connectivity index (χ3v) is 3.08. The van der Waals surface area contributed by atoms with Crippen molar-refractivity contribution in [2.75, 3.05) is 19.6 Å². The third-order valence-electron chi connectivity index (χ3n) is 3.08. The summed E-state index contributed by atoms with van der Waals surface area (Å²) >= 11 is 0. The second kappa shape index (κ2) is 5.56. The zero-order valence-corrected chi connectivity index (χ0v) is 9.92. The molecule has 1 fully saturated rings. The quantitative estimate of drug-likeness (QED) is 0.791. The first-order valence-electron chi connectivity index (χ1n) is 5.90. The van der Waals surface area contributed by atoms with E-state index < -0.39 is 12.2 Å². The Morgan fingerprint density at radius 3 is 2.50 bits per heavy atom. The lowest BCUT2D eigenvalue weighted by molar-refractivity contribution is -0.119. The number of benzene rings is 1. The van der Waals surface area contributed by atoms with Crippen LogP contribution >= 0.6 is 0 Å². The normalized spacial score (nSPS) is 24.4. The molecule has 98 valence electrons. The molecular formula is C13H16FNO3. The van der Waals surface area contributed by atoms with E-state index in [1.54, 1.807) is 23.1 Å². The van der Waals surface area contributed by atoms with Gasteiger partial charge >= 0.3 is 0 Å². The number of likely N-dealkylation sites (tertiary alicyclic amines) is 1. The summed E-state index contributed by atoms with van der Waals surface area (Å²) in [5, 5.41) is 18.7. The van der Waals surface area contributed by atoms with E-state index in [1.807, 2.05) is 0 Å². The van der Waals surface area contributed by atoms with Gasteiger partial charge in [-0.15, -0.1) is 0 Å². The van der Waals surface area contributed by atoms with E-state index in [0.717, 1.165) is 0 Å². The van der Waals surface area contributed by atoms with E-state index in [2.05, 4.69) is 0 Å². The summed E-state index contributed by atoms with van der Waals surface area (Å²) < 4.78 is 13.3. The number of β-amino-alcohol motifs (C(OH)–C–C–N with tert-alkyl or cyclic N) is 2. The van der Waals surface area contributed by atoms with Crippen molar-refractivity contribution in [2.45, 2.75) is 18.6 Å². The van der Waals surface area contributed by atoms with E-state index in [1.165, 1.54) is 6.07 Å². The van der Waals surface area contributed by atoms with E-state index >= 15 is 0 Å². The smallest absolute Gasteiger partial charge is 0.151 e. The minimum absolute atomic E-state index is 0.0371. The lowest BCUT2D eigenvalue weighted by Gasteiger charge is -2.13. The van der Waals surface area contributed by atoms with Crippen LogP contribution in [0, 0.1) is 5.82 Å². The number of carbonyl (C=O) groups is 1. The van der Waals surface area contributed by atoms with Crippen LogP contribution in [0.2, 0.25) is 0 Å². The zero-order valence-electron chi connectivity index (χ0n) is 9.92. The molecule has 18 heavy (non-hydrogen) atoms. The number of Topliss-reactive ketones (excluding diaryl/α,β-unsaturated/α-hetero) is 1. The van der Waals surface area contributed by atoms with Gasteiger partial charge in [-0.05, 0) is 11.6 Å². The first kappa shape index (κ1) is 13.1. The number of hydrogen-bond donors (Lipinski definition) is 2. The van der Waals surface area contributed by atoms with Crippen molar-refractivity contribution in [1.82, 2.24) is 4.90 Å². The summed E-state index contributed by atoms with van der Waals surface area (Å²) in [5.74, 6) is -0.506. The second-order valence-corrected chi connectivity index (χ2v) is 4.64. The SMILES string of the molecule is O=C(Cc1ccccc1F)CN1CC(O)C(O)C1. The van der Waals surface area contributed by atoms with Crippen LogP contribution < -0.4 is 0 Å². The molecular weight excluding hydrogens is 237 g/mol. The third kappa shape index (κ3) is 3.13. The van der Waals surface area contributed by atoms with Gasteiger partial charge in [-0.25, -0.2) is 4.39 Å². The van der Waals surface area contributed by atoms with Gasteiger partial charge in [0.25, 0.3) is 0 Å². The van der Waals surface area contributed by atoms with Crippen LogP contribution in [-0.2, 0) is 11.2 Å². The Morgan fingerprint density at radius 1 is 1.28 bits per heavy atom. The van der Waals surface area contributed by atoms with Crippen molar-refractivity contribution in [3.8, 4) is 0 Å². The number of rotatable bonds is 4. The molecule has 1 aromatic rings. The average molecular weight is 253 g/mol. The van der Waals surface area contributed by atoms with Crippen molar-refractivity contribution < 1.29 is 19.4 Å². The molecule has 2 rings (SSSR count).